The summed E-state index contributed by atoms with van der Waals surface area (Å²) in [6, 6.07) is 13.5. The van der Waals surface area contributed by atoms with Gasteiger partial charge in [-0.1, -0.05) is 42.5 Å². The van der Waals surface area contributed by atoms with Crippen LogP contribution in [0.15, 0.2) is 54.6 Å². The number of hydrogen-bond acceptors (Lipinski definition) is 4. The fourth-order valence-corrected chi connectivity index (χ4v) is 3.93. The second-order valence-corrected chi connectivity index (χ2v) is 7.30. The maximum atomic E-state index is 13.1. The minimum atomic E-state index is -0.713. The number of halogens is 1. The number of benzene rings is 2. The summed E-state index contributed by atoms with van der Waals surface area (Å²) in [6.07, 6.45) is 1.03. The van der Waals surface area contributed by atoms with Crippen molar-refractivity contribution in [3.05, 3.63) is 71.5 Å². The van der Waals surface area contributed by atoms with E-state index in [1.165, 1.54) is 21.9 Å². The maximum Gasteiger partial charge on any atom is 0.411 e. The molecule has 29 heavy (non-hydrogen) atoms. The van der Waals surface area contributed by atoms with E-state index in [-0.39, 0.29) is 19.0 Å². The highest BCUT2D eigenvalue weighted by molar-refractivity contribution is 6.05. The van der Waals surface area contributed by atoms with Gasteiger partial charge in [0, 0.05) is 0 Å². The number of piperazine rings is 1. The molecule has 0 spiro atoms. The van der Waals surface area contributed by atoms with Crippen molar-refractivity contribution in [2.75, 3.05) is 0 Å². The molecule has 2 aliphatic rings. The molecule has 2 aromatic carbocycles. The van der Waals surface area contributed by atoms with E-state index in [0.29, 0.717) is 24.8 Å². The lowest BCUT2D eigenvalue weighted by atomic mass is 9.90. The summed E-state index contributed by atoms with van der Waals surface area (Å²) >= 11 is 0. The first-order valence-corrected chi connectivity index (χ1v) is 9.63. The number of ether oxygens (including phenoxy) is 1. The zero-order chi connectivity index (χ0) is 20.4. The molecule has 0 radical (unpaired) electrons. The normalized spacial score (nSPS) is 21.3. The van der Waals surface area contributed by atoms with Gasteiger partial charge in [-0.3, -0.25) is 19.4 Å². The standard InChI is InChI=1S/C22H21FN2O4/c23-17-11-9-15(10-12-17)13-24-20(26)18-7-4-8-19(21(24)27)25(18)22(28)29-14-16-5-2-1-3-6-16/h1-3,5-6,9-12,18-19H,4,7-8,13-14H2. The van der Waals surface area contributed by atoms with Gasteiger partial charge >= 0.3 is 6.09 Å². The molecule has 2 atom stereocenters. The van der Waals surface area contributed by atoms with E-state index in [0.717, 1.165) is 5.56 Å². The van der Waals surface area contributed by atoms with E-state index >= 15 is 0 Å². The lowest BCUT2D eigenvalue weighted by molar-refractivity contribution is -0.163. The minimum Gasteiger partial charge on any atom is -0.445 e. The van der Waals surface area contributed by atoms with Crippen molar-refractivity contribution in [3.63, 3.8) is 0 Å². The molecule has 0 N–H and O–H groups in total. The summed E-state index contributed by atoms with van der Waals surface area (Å²) < 4.78 is 18.5. The largest absolute Gasteiger partial charge is 0.445 e. The Morgan fingerprint density at radius 1 is 0.931 bits per heavy atom. The van der Waals surface area contributed by atoms with Crippen LogP contribution < -0.4 is 0 Å². The van der Waals surface area contributed by atoms with E-state index in [2.05, 4.69) is 0 Å². The molecule has 2 unspecified atom stereocenters. The summed E-state index contributed by atoms with van der Waals surface area (Å²) in [5, 5.41) is 0. The first-order chi connectivity index (χ1) is 14.0. The molecular formula is C22H21FN2O4. The highest BCUT2D eigenvalue weighted by Gasteiger charge is 2.51. The molecule has 2 aliphatic heterocycles. The van der Waals surface area contributed by atoms with Crippen LogP contribution in [0.2, 0.25) is 0 Å². The van der Waals surface area contributed by atoms with Gasteiger partial charge < -0.3 is 4.74 Å². The SMILES string of the molecule is O=C1C2CCCC(C(=O)N1Cc1ccc(F)cc1)N2C(=O)OCc1ccccc1. The fourth-order valence-electron chi connectivity index (χ4n) is 3.93. The molecule has 2 bridgehead atoms. The zero-order valence-corrected chi connectivity index (χ0v) is 15.8. The van der Waals surface area contributed by atoms with Gasteiger partial charge in [0.15, 0.2) is 0 Å². The molecule has 2 saturated heterocycles. The number of fused-ring (bicyclic) bond motifs is 2. The first-order valence-electron chi connectivity index (χ1n) is 9.63. The Labute approximate surface area is 167 Å². The Morgan fingerprint density at radius 3 is 2.17 bits per heavy atom. The van der Waals surface area contributed by atoms with Crippen LogP contribution in [0.4, 0.5) is 9.18 Å². The van der Waals surface area contributed by atoms with Crippen LogP contribution in [-0.2, 0) is 27.5 Å². The average molecular weight is 396 g/mol. The summed E-state index contributed by atoms with van der Waals surface area (Å²) in [6.45, 7) is 0.148. The molecule has 2 fully saturated rings. The topological polar surface area (TPSA) is 66.9 Å². The van der Waals surface area contributed by atoms with Gasteiger partial charge in [0.1, 0.15) is 24.5 Å². The Hall–Kier alpha value is -3.22. The Balaban J connectivity index is 1.49. The number of piperidine rings is 1. The summed E-state index contributed by atoms with van der Waals surface area (Å²) in [7, 11) is 0. The fraction of sp³-hybridized carbons (Fsp3) is 0.318. The maximum absolute atomic E-state index is 13.1. The van der Waals surface area contributed by atoms with Crippen LogP contribution in [0.5, 0.6) is 0 Å². The van der Waals surface area contributed by atoms with Crippen LogP contribution >= 0.6 is 0 Å². The molecule has 2 aromatic rings. The van der Waals surface area contributed by atoms with Gasteiger partial charge in [-0.05, 0) is 42.5 Å². The van der Waals surface area contributed by atoms with E-state index in [4.69, 9.17) is 4.74 Å². The Bertz CT molecular complexity index is 892. The number of rotatable bonds is 4. The predicted molar refractivity (Wildman–Crippen MR) is 102 cm³/mol. The van der Waals surface area contributed by atoms with Crippen LogP contribution in [0.1, 0.15) is 30.4 Å². The van der Waals surface area contributed by atoms with Crippen molar-refractivity contribution in [2.45, 2.75) is 44.5 Å². The number of likely N-dealkylation sites (tertiary alicyclic amines) is 1. The molecular weight excluding hydrogens is 375 g/mol. The Kier molecular flexibility index (Phi) is 5.29. The van der Waals surface area contributed by atoms with Crippen LogP contribution in [-0.4, -0.2) is 39.8 Å². The molecule has 6 nitrogen and oxygen atoms in total. The van der Waals surface area contributed by atoms with E-state index in [1.54, 1.807) is 12.1 Å². The monoisotopic (exact) mass is 396 g/mol. The van der Waals surface area contributed by atoms with E-state index < -0.39 is 30.0 Å². The van der Waals surface area contributed by atoms with Gasteiger partial charge in [-0.15, -0.1) is 0 Å². The lowest BCUT2D eigenvalue weighted by Crippen LogP contribution is -2.67. The number of imide groups is 1. The van der Waals surface area contributed by atoms with Gasteiger partial charge in [0.25, 0.3) is 11.8 Å². The van der Waals surface area contributed by atoms with E-state index in [1.807, 2.05) is 30.3 Å². The third kappa shape index (κ3) is 3.85. The van der Waals surface area contributed by atoms with Crippen LogP contribution in [0.25, 0.3) is 0 Å². The molecule has 0 aromatic heterocycles. The lowest BCUT2D eigenvalue weighted by Gasteiger charge is -2.46. The highest BCUT2D eigenvalue weighted by atomic mass is 19.1. The molecule has 150 valence electrons. The Morgan fingerprint density at radius 2 is 1.55 bits per heavy atom. The third-order valence-corrected chi connectivity index (χ3v) is 5.40. The molecule has 4 rings (SSSR count). The summed E-state index contributed by atoms with van der Waals surface area (Å²) in [5.74, 6) is -1.20. The van der Waals surface area contributed by atoms with Crippen molar-refractivity contribution in [2.24, 2.45) is 0 Å². The van der Waals surface area contributed by atoms with Gasteiger partial charge in [0.05, 0.1) is 6.54 Å². The quantitative estimate of drug-likeness (QED) is 0.744. The van der Waals surface area contributed by atoms with Crippen molar-refractivity contribution >= 4 is 17.9 Å². The molecule has 0 saturated carbocycles. The number of hydrogen-bond donors (Lipinski definition) is 0. The number of amides is 3. The molecule has 0 aliphatic carbocycles. The van der Waals surface area contributed by atoms with Gasteiger partial charge in [-0.25, -0.2) is 9.18 Å². The van der Waals surface area contributed by atoms with Crippen molar-refractivity contribution in [1.82, 2.24) is 9.80 Å². The zero-order valence-electron chi connectivity index (χ0n) is 15.8. The van der Waals surface area contributed by atoms with Gasteiger partial charge in [-0.2, -0.15) is 0 Å². The van der Waals surface area contributed by atoms with Crippen LogP contribution in [0.3, 0.4) is 0 Å². The molecule has 2 heterocycles. The summed E-state index contributed by atoms with van der Waals surface area (Å²) in [4.78, 5) is 41.2. The first kappa shape index (κ1) is 19.1. The minimum absolute atomic E-state index is 0.0673. The van der Waals surface area contributed by atoms with Crippen LogP contribution in [0, 0.1) is 5.82 Å². The number of nitrogens with zero attached hydrogens (tertiary/aromatic N) is 2. The number of carbonyl (C=O) groups excluding carboxylic acids is 3. The van der Waals surface area contributed by atoms with Gasteiger partial charge in [0.2, 0.25) is 0 Å². The molecule has 3 amide bonds. The van der Waals surface area contributed by atoms with Crippen molar-refractivity contribution < 1.29 is 23.5 Å². The third-order valence-electron chi connectivity index (χ3n) is 5.40. The molecule has 7 heteroatoms. The highest BCUT2D eigenvalue weighted by Crippen LogP contribution is 2.32. The smallest absolute Gasteiger partial charge is 0.411 e. The predicted octanol–water partition coefficient (Wildman–Crippen LogP) is 3.25. The van der Waals surface area contributed by atoms with Crippen molar-refractivity contribution in [1.29, 1.82) is 0 Å². The second-order valence-electron chi connectivity index (χ2n) is 7.30. The number of carbonyl (C=O) groups is 3. The van der Waals surface area contributed by atoms with E-state index in [9.17, 15) is 18.8 Å². The average Bonchev–Trinajstić information content (AvgIpc) is 2.75. The second kappa shape index (κ2) is 8.03. The summed E-state index contributed by atoms with van der Waals surface area (Å²) in [5.41, 5.74) is 1.49. The van der Waals surface area contributed by atoms with Crippen molar-refractivity contribution in [3.8, 4) is 0 Å².